The Kier molecular flexibility index (Phi) is 6.98. The molecule has 0 saturated carbocycles. The first-order valence-electron chi connectivity index (χ1n) is 8.14. The lowest BCUT2D eigenvalue weighted by Crippen LogP contribution is -2.23. The molecule has 0 spiro atoms. The van der Waals surface area contributed by atoms with Crippen molar-refractivity contribution in [3.63, 3.8) is 0 Å². The summed E-state index contributed by atoms with van der Waals surface area (Å²) in [6, 6.07) is 11.6. The number of nitrogens with one attached hydrogen (secondary N) is 1. The SMILES string of the molecule is COc1cccc(/C=C/C(=O)NCCc2ccc(S(N)(=O)=O)cc2)c1OC. The number of methoxy groups -OCH3 is 2. The summed E-state index contributed by atoms with van der Waals surface area (Å²) in [7, 11) is -0.609. The molecule has 0 atom stereocenters. The second-order valence-corrected chi connectivity index (χ2v) is 7.21. The third kappa shape index (κ3) is 5.83. The smallest absolute Gasteiger partial charge is 0.244 e. The minimum absolute atomic E-state index is 0.0606. The molecule has 1 amide bonds. The molecule has 27 heavy (non-hydrogen) atoms. The van der Waals surface area contributed by atoms with Crippen LogP contribution in [0.2, 0.25) is 0 Å². The lowest BCUT2D eigenvalue weighted by atomic mass is 10.1. The largest absolute Gasteiger partial charge is 0.493 e. The van der Waals surface area contributed by atoms with Crippen LogP contribution in [0, 0.1) is 0 Å². The van der Waals surface area contributed by atoms with Crippen molar-refractivity contribution in [2.45, 2.75) is 11.3 Å². The van der Waals surface area contributed by atoms with E-state index in [4.69, 9.17) is 14.6 Å². The van der Waals surface area contributed by atoms with Gasteiger partial charge in [-0.1, -0.05) is 24.3 Å². The molecule has 0 saturated heterocycles. The number of carbonyl (C=O) groups is 1. The van der Waals surface area contributed by atoms with E-state index in [9.17, 15) is 13.2 Å². The first-order chi connectivity index (χ1) is 12.8. The van der Waals surface area contributed by atoms with E-state index < -0.39 is 10.0 Å². The Morgan fingerprint density at radius 3 is 2.41 bits per heavy atom. The molecule has 2 aromatic carbocycles. The molecule has 0 bridgehead atoms. The highest BCUT2D eigenvalue weighted by molar-refractivity contribution is 7.89. The van der Waals surface area contributed by atoms with Crippen LogP contribution in [0.15, 0.2) is 53.4 Å². The van der Waals surface area contributed by atoms with Crippen LogP contribution in [0.1, 0.15) is 11.1 Å². The summed E-state index contributed by atoms with van der Waals surface area (Å²) in [4.78, 5) is 12.0. The van der Waals surface area contributed by atoms with E-state index in [0.29, 0.717) is 24.5 Å². The summed E-state index contributed by atoms with van der Waals surface area (Å²) in [5, 5.41) is 7.83. The molecule has 7 nitrogen and oxygen atoms in total. The van der Waals surface area contributed by atoms with Crippen LogP contribution in [0.5, 0.6) is 11.5 Å². The molecule has 8 heteroatoms. The molecule has 2 rings (SSSR count). The highest BCUT2D eigenvalue weighted by atomic mass is 32.2. The number of amides is 1. The predicted molar refractivity (Wildman–Crippen MR) is 103 cm³/mol. The van der Waals surface area contributed by atoms with Crippen LogP contribution in [0.25, 0.3) is 6.08 Å². The van der Waals surface area contributed by atoms with Crippen LogP contribution in [0.3, 0.4) is 0 Å². The number of para-hydroxylation sites is 1. The molecule has 0 aromatic heterocycles. The molecule has 2 aromatic rings. The normalized spacial score (nSPS) is 11.4. The average Bonchev–Trinajstić information content (AvgIpc) is 2.65. The molecule has 0 fully saturated rings. The molecule has 3 N–H and O–H groups in total. The molecular weight excluding hydrogens is 368 g/mol. The van der Waals surface area contributed by atoms with Gasteiger partial charge < -0.3 is 14.8 Å². The summed E-state index contributed by atoms with van der Waals surface area (Å²) >= 11 is 0. The molecule has 0 aliphatic rings. The quantitative estimate of drug-likeness (QED) is 0.668. The van der Waals surface area contributed by atoms with Crippen molar-refractivity contribution in [3.05, 3.63) is 59.7 Å². The van der Waals surface area contributed by atoms with Crippen molar-refractivity contribution < 1.29 is 22.7 Å². The summed E-state index contributed by atoms with van der Waals surface area (Å²) in [5.74, 6) is 0.892. The Labute approximate surface area is 158 Å². The van der Waals surface area contributed by atoms with Gasteiger partial charge in [0.15, 0.2) is 11.5 Å². The summed E-state index contributed by atoms with van der Waals surface area (Å²) in [6.45, 7) is 0.410. The maximum absolute atomic E-state index is 12.0. The molecule has 0 heterocycles. The Bertz CT molecular complexity index is 922. The van der Waals surface area contributed by atoms with Crippen molar-refractivity contribution in [2.24, 2.45) is 5.14 Å². The minimum atomic E-state index is -3.70. The van der Waals surface area contributed by atoms with Gasteiger partial charge in [0.2, 0.25) is 15.9 Å². The van der Waals surface area contributed by atoms with Gasteiger partial charge in [0.1, 0.15) is 0 Å². The van der Waals surface area contributed by atoms with Gasteiger partial charge in [0.25, 0.3) is 0 Å². The number of sulfonamides is 1. The fraction of sp³-hybridized carbons (Fsp3) is 0.211. The zero-order chi connectivity index (χ0) is 19.9. The van der Waals surface area contributed by atoms with Crippen molar-refractivity contribution in [1.82, 2.24) is 5.32 Å². The zero-order valence-corrected chi connectivity index (χ0v) is 16.0. The van der Waals surface area contributed by atoms with Crippen molar-refractivity contribution in [1.29, 1.82) is 0 Å². The van der Waals surface area contributed by atoms with Gasteiger partial charge in [0.05, 0.1) is 19.1 Å². The second-order valence-electron chi connectivity index (χ2n) is 5.65. The van der Waals surface area contributed by atoms with Crippen molar-refractivity contribution >= 4 is 22.0 Å². The molecule has 0 aliphatic carbocycles. The van der Waals surface area contributed by atoms with E-state index in [-0.39, 0.29) is 10.8 Å². The van der Waals surface area contributed by atoms with E-state index in [1.807, 2.05) is 12.1 Å². The fourth-order valence-electron chi connectivity index (χ4n) is 2.44. The van der Waals surface area contributed by atoms with Crippen LogP contribution >= 0.6 is 0 Å². The number of nitrogens with two attached hydrogens (primary N) is 1. The number of rotatable bonds is 8. The van der Waals surface area contributed by atoms with Crippen LogP contribution in [0.4, 0.5) is 0 Å². The molecular formula is C19H22N2O5S. The van der Waals surface area contributed by atoms with E-state index in [0.717, 1.165) is 11.1 Å². The number of carbonyl (C=O) groups excluding carboxylic acids is 1. The first kappa shape index (κ1) is 20.5. The van der Waals surface area contributed by atoms with Gasteiger partial charge >= 0.3 is 0 Å². The highest BCUT2D eigenvalue weighted by Gasteiger charge is 2.08. The topological polar surface area (TPSA) is 108 Å². The number of benzene rings is 2. The number of primary sulfonamides is 1. The molecule has 144 valence electrons. The Morgan fingerprint density at radius 2 is 1.81 bits per heavy atom. The minimum Gasteiger partial charge on any atom is -0.493 e. The Morgan fingerprint density at radius 1 is 1.11 bits per heavy atom. The lowest BCUT2D eigenvalue weighted by molar-refractivity contribution is -0.116. The number of ether oxygens (including phenoxy) is 2. The fourth-order valence-corrected chi connectivity index (χ4v) is 2.96. The highest BCUT2D eigenvalue weighted by Crippen LogP contribution is 2.31. The van der Waals surface area contributed by atoms with E-state index in [2.05, 4.69) is 5.32 Å². The van der Waals surface area contributed by atoms with E-state index in [1.165, 1.54) is 25.3 Å². The van der Waals surface area contributed by atoms with Gasteiger partial charge in [-0.05, 0) is 36.3 Å². The zero-order valence-electron chi connectivity index (χ0n) is 15.1. The molecule has 0 unspecified atom stereocenters. The van der Waals surface area contributed by atoms with Crippen LogP contribution in [-0.4, -0.2) is 35.1 Å². The maximum Gasteiger partial charge on any atom is 0.244 e. The maximum atomic E-state index is 12.0. The van der Waals surface area contributed by atoms with Crippen molar-refractivity contribution in [3.8, 4) is 11.5 Å². The third-order valence-electron chi connectivity index (χ3n) is 3.81. The van der Waals surface area contributed by atoms with Crippen molar-refractivity contribution in [2.75, 3.05) is 20.8 Å². The predicted octanol–water partition coefficient (Wildman–Crippen LogP) is 1.72. The van der Waals surface area contributed by atoms with E-state index >= 15 is 0 Å². The summed E-state index contributed by atoms with van der Waals surface area (Å²) in [5.41, 5.74) is 1.62. The standard InChI is InChI=1S/C19H22N2O5S/c1-25-17-5-3-4-15(19(17)26-2)8-11-18(22)21-13-12-14-6-9-16(10-7-14)27(20,23)24/h3-11H,12-13H2,1-2H3,(H,21,22)(H2,20,23,24)/b11-8+. The molecule has 0 radical (unpaired) electrons. The van der Waals surface area contributed by atoms with Crippen LogP contribution in [-0.2, 0) is 21.2 Å². The Balaban J connectivity index is 1.91. The number of hydrogen-bond acceptors (Lipinski definition) is 5. The monoisotopic (exact) mass is 390 g/mol. The Hall–Kier alpha value is -2.84. The molecule has 0 aliphatic heterocycles. The van der Waals surface area contributed by atoms with Gasteiger partial charge in [-0.25, -0.2) is 13.6 Å². The van der Waals surface area contributed by atoms with Crippen LogP contribution < -0.4 is 19.9 Å². The summed E-state index contributed by atoms with van der Waals surface area (Å²) in [6.07, 6.45) is 3.63. The summed E-state index contributed by atoms with van der Waals surface area (Å²) < 4.78 is 33.0. The lowest BCUT2D eigenvalue weighted by Gasteiger charge is -2.09. The third-order valence-corrected chi connectivity index (χ3v) is 4.74. The van der Waals surface area contributed by atoms with Gasteiger partial charge in [0, 0.05) is 18.2 Å². The van der Waals surface area contributed by atoms with Gasteiger partial charge in [-0.2, -0.15) is 0 Å². The second kappa shape index (κ2) is 9.20. The van der Waals surface area contributed by atoms with E-state index in [1.54, 1.807) is 31.4 Å². The van der Waals surface area contributed by atoms with Gasteiger partial charge in [-0.15, -0.1) is 0 Å². The average molecular weight is 390 g/mol. The first-order valence-corrected chi connectivity index (χ1v) is 9.68. The van der Waals surface area contributed by atoms with Gasteiger partial charge in [-0.3, -0.25) is 4.79 Å². The number of hydrogen-bond donors (Lipinski definition) is 2.